The molecule has 0 fully saturated rings. The van der Waals surface area contributed by atoms with Gasteiger partial charge in [-0.2, -0.15) is 0 Å². The second-order valence-electron chi connectivity index (χ2n) is 4.43. The highest BCUT2D eigenvalue weighted by molar-refractivity contribution is 5.29. The highest BCUT2D eigenvalue weighted by Gasteiger charge is 2.19. The summed E-state index contributed by atoms with van der Waals surface area (Å²) in [5.74, 6) is -0.219. The fourth-order valence-electron chi connectivity index (χ4n) is 1.31. The summed E-state index contributed by atoms with van der Waals surface area (Å²) in [4.78, 5) is 0. The van der Waals surface area contributed by atoms with Gasteiger partial charge in [0.2, 0.25) is 0 Å². The van der Waals surface area contributed by atoms with Crippen LogP contribution in [-0.2, 0) is 6.54 Å². The minimum absolute atomic E-state index is 0.0891. The maximum atomic E-state index is 13.6. The van der Waals surface area contributed by atoms with E-state index in [1.165, 1.54) is 6.07 Å². The standard InChI is InChI=1S/C13H20FNO2/c1-4-13(2,16)9-17-12-6-5-10(8-15-3)7-11(12)14/h5-7,15-16H,4,8-9H2,1-3H3. The first-order valence-electron chi connectivity index (χ1n) is 5.76. The van der Waals surface area contributed by atoms with Gasteiger partial charge in [-0.25, -0.2) is 4.39 Å². The second-order valence-corrected chi connectivity index (χ2v) is 4.43. The molecule has 96 valence electrons. The van der Waals surface area contributed by atoms with Gasteiger partial charge in [0, 0.05) is 6.54 Å². The minimum atomic E-state index is -0.921. The van der Waals surface area contributed by atoms with Gasteiger partial charge in [-0.15, -0.1) is 0 Å². The van der Waals surface area contributed by atoms with Gasteiger partial charge in [-0.3, -0.25) is 0 Å². The van der Waals surface area contributed by atoms with Gasteiger partial charge in [0.25, 0.3) is 0 Å². The highest BCUT2D eigenvalue weighted by Crippen LogP contribution is 2.20. The molecule has 0 aromatic heterocycles. The number of rotatable bonds is 6. The fraction of sp³-hybridized carbons (Fsp3) is 0.538. The summed E-state index contributed by atoms with van der Waals surface area (Å²) in [6.45, 7) is 4.23. The van der Waals surface area contributed by atoms with Gasteiger partial charge in [-0.1, -0.05) is 13.0 Å². The first-order chi connectivity index (χ1) is 7.98. The molecule has 1 unspecified atom stereocenters. The van der Waals surface area contributed by atoms with E-state index in [1.54, 1.807) is 26.1 Å². The Labute approximate surface area is 102 Å². The lowest BCUT2D eigenvalue weighted by Gasteiger charge is -2.21. The molecule has 0 amide bonds. The summed E-state index contributed by atoms with van der Waals surface area (Å²) in [6.07, 6.45) is 0.562. The molecule has 1 rings (SSSR count). The number of aliphatic hydroxyl groups is 1. The SMILES string of the molecule is CCC(C)(O)COc1ccc(CNC)cc1F. The van der Waals surface area contributed by atoms with Crippen LogP contribution < -0.4 is 10.1 Å². The van der Waals surface area contributed by atoms with Crippen LogP contribution in [0.15, 0.2) is 18.2 Å². The van der Waals surface area contributed by atoms with Crippen molar-refractivity contribution in [2.75, 3.05) is 13.7 Å². The molecular formula is C13H20FNO2. The van der Waals surface area contributed by atoms with Crippen molar-refractivity contribution in [2.45, 2.75) is 32.4 Å². The van der Waals surface area contributed by atoms with Crippen molar-refractivity contribution in [1.82, 2.24) is 5.32 Å². The topological polar surface area (TPSA) is 41.5 Å². The van der Waals surface area contributed by atoms with E-state index < -0.39 is 11.4 Å². The largest absolute Gasteiger partial charge is 0.488 e. The van der Waals surface area contributed by atoms with Crippen molar-refractivity contribution in [2.24, 2.45) is 0 Å². The summed E-state index contributed by atoms with van der Waals surface area (Å²) in [6, 6.07) is 4.83. The molecule has 1 aromatic carbocycles. The van der Waals surface area contributed by atoms with Crippen LogP contribution in [0.2, 0.25) is 0 Å². The Morgan fingerprint density at radius 3 is 2.71 bits per heavy atom. The monoisotopic (exact) mass is 241 g/mol. The number of hydrogen-bond acceptors (Lipinski definition) is 3. The van der Waals surface area contributed by atoms with E-state index >= 15 is 0 Å². The maximum absolute atomic E-state index is 13.6. The molecule has 4 heteroatoms. The van der Waals surface area contributed by atoms with Gasteiger partial charge in [-0.05, 0) is 38.1 Å². The maximum Gasteiger partial charge on any atom is 0.165 e. The molecule has 0 saturated carbocycles. The van der Waals surface area contributed by atoms with E-state index in [4.69, 9.17) is 4.74 Å². The number of halogens is 1. The third kappa shape index (κ3) is 4.32. The zero-order chi connectivity index (χ0) is 12.9. The lowest BCUT2D eigenvalue weighted by atomic mass is 10.1. The molecule has 0 aliphatic heterocycles. The molecule has 0 aliphatic carbocycles. The number of benzene rings is 1. The molecule has 1 aromatic rings. The van der Waals surface area contributed by atoms with Gasteiger partial charge in [0.1, 0.15) is 6.61 Å². The third-order valence-electron chi connectivity index (χ3n) is 2.68. The fourth-order valence-corrected chi connectivity index (χ4v) is 1.31. The van der Waals surface area contributed by atoms with Gasteiger partial charge >= 0.3 is 0 Å². The van der Waals surface area contributed by atoms with E-state index in [9.17, 15) is 9.50 Å². The van der Waals surface area contributed by atoms with E-state index in [-0.39, 0.29) is 12.4 Å². The molecule has 0 bridgehead atoms. The molecule has 0 saturated heterocycles. The highest BCUT2D eigenvalue weighted by atomic mass is 19.1. The molecule has 1 atom stereocenters. The Balaban J connectivity index is 2.66. The Morgan fingerprint density at radius 2 is 2.18 bits per heavy atom. The molecule has 3 nitrogen and oxygen atoms in total. The summed E-state index contributed by atoms with van der Waals surface area (Å²) < 4.78 is 18.9. The smallest absolute Gasteiger partial charge is 0.165 e. The Kier molecular flexibility index (Phi) is 4.90. The molecule has 0 aliphatic rings. The third-order valence-corrected chi connectivity index (χ3v) is 2.68. The van der Waals surface area contributed by atoms with Crippen LogP contribution in [0.1, 0.15) is 25.8 Å². The predicted octanol–water partition coefficient (Wildman–Crippen LogP) is 2.08. The van der Waals surface area contributed by atoms with E-state index in [0.717, 1.165) is 5.56 Å². The lowest BCUT2D eigenvalue weighted by molar-refractivity contribution is 0.00733. The van der Waals surface area contributed by atoms with E-state index in [1.807, 2.05) is 6.92 Å². The zero-order valence-corrected chi connectivity index (χ0v) is 10.6. The van der Waals surface area contributed by atoms with Crippen LogP contribution in [0, 0.1) is 5.82 Å². The number of ether oxygens (including phenoxy) is 1. The first kappa shape index (κ1) is 13.9. The second kappa shape index (κ2) is 5.98. The molecular weight excluding hydrogens is 221 g/mol. The Hall–Kier alpha value is -1.13. The predicted molar refractivity (Wildman–Crippen MR) is 65.6 cm³/mol. The van der Waals surface area contributed by atoms with Crippen molar-refractivity contribution in [3.63, 3.8) is 0 Å². The minimum Gasteiger partial charge on any atom is -0.488 e. The Bertz CT molecular complexity index is 366. The van der Waals surface area contributed by atoms with Crippen LogP contribution >= 0.6 is 0 Å². The van der Waals surface area contributed by atoms with Crippen LogP contribution in [0.25, 0.3) is 0 Å². The summed E-state index contributed by atoms with van der Waals surface area (Å²) in [5.41, 5.74) is -0.0598. The van der Waals surface area contributed by atoms with Crippen molar-refractivity contribution in [3.8, 4) is 5.75 Å². The van der Waals surface area contributed by atoms with Crippen LogP contribution in [0.4, 0.5) is 4.39 Å². The lowest BCUT2D eigenvalue weighted by Crippen LogP contribution is -2.31. The first-order valence-corrected chi connectivity index (χ1v) is 5.76. The van der Waals surface area contributed by atoms with Gasteiger partial charge < -0.3 is 15.2 Å². The summed E-state index contributed by atoms with van der Waals surface area (Å²) in [5, 5.41) is 12.7. The Morgan fingerprint density at radius 1 is 1.47 bits per heavy atom. The normalized spacial score (nSPS) is 14.4. The number of nitrogens with one attached hydrogen (secondary N) is 1. The van der Waals surface area contributed by atoms with Crippen molar-refractivity contribution >= 4 is 0 Å². The molecule has 17 heavy (non-hydrogen) atoms. The average Bonchev–Trinajstić information content (AvgIpc) is 2.28. The van der Waals surface area contributed by atoms with Crippen molar-refractivity contribution < 1.29 is 14.2 Å². The van der Waals surface area contributed by atoms with Crippen LogP contribution in [0.3, 0.4) is 0 Å². The zero-order valence-electron chi connectivity index (χ0n) is 10.6. The average molecular weight is 241 g/mol. The van der Waals surface area contributed by atoms with Crippen molar-refractivity contribution in [3.05, 3.63) is 29.6 Å². The summed E-state index contributed by atoms with van der Waals surface area (Å²) in [7, 11) is 1.81. The van der Waals surface area contributed by atoms with Gasteiger partial charge in [0.15, 0.2) is 11.6 Å². The number of hydrogen-bond donors (Lipinski definition) is 2. The van der Waals surface area contributed by atoms with Crippen LogP contribution in [-0.4, -0.2) is 24.4 Å². The van der Waals surface area contributed by atoms with Gasteiger partial charge in [0.05, 0.1) is 5.60 Å². The molecule has 0 heterocycles. The van der Waals surface area contributed by atoms with Crippen LogP contribution in [0.5, 0.6) is 5.75 Å². The molecule has 0 radical (unpaired) electrons. The molecule has 2 N–H and O–H groups in total. The van der Waals surface area contributed by atoms with Crippen molar-refractivity contribution in [1.29, 1.82) is 0 Å². The van der Waals surface area contributed by atoms with E-state index in [2.05, 4.69) is 5.32 Å². The quantitative estimate of drug-likeness (QED) is 0.801. The summed E-state index contributed by atoms with van der Waals surface area (Å²) >= 11 is 0. The molecule has 0 spiro atoms. The van der Waals surface area contributed by atoms with E-state index in [0.29, 0.717) is 13.0 Å².